The van der Waals surface area contributed by atoms with Crippen LogP contribution >= 0.6 is 0 Å². The Hall–Kier alpha value is -2.15. The van der Waals surface area contributed by atoms with Crippen LogP contribution in [0, 0.1) is 10.1 Å². The minimum atomic E-state index is -0.539. The van der Waals surface area contributed by atoms with E-state index in [0.29, 0.717) is 13.0 Å². The zero-order valence-electron chi connectivity index (χ0n) is 8.55. The molecule has 1 heterocycles. The molecule has 1 aromatic heterocycles. The lowest BCUT2D eigenvalue weighted by molar-refractivity contribution is -0.384. The summed E-state index contributed by atoms with van der Waals surface area (Å²) in [5.74, 6) is 5.48. The van der Waals surface area contributed by atoms with Crippen molar-refractivity contribution in [3.8, 4) is 5.88 Å². The number of rotatable bonds is 6. The second-order valence-electron chi connectivity index (χ2n) is 2.88. The van der Waals surface area contributed by atoms with Gasteiger partial charge in [0.1, 0.15) is 0 Å². The summed E-state index contributed by atoms with van der Waals surface area (Å²) in [6.07, 6.45) is 2.31. The van der Waals surface area contributed by atoms with Crippen LogP contribution in [0.3, 0.4) is 0 Å². The van der Waals surface area contributed by atoms with E-state index < -0.39 is 4.92 Å². The Morgan fingerprint density at radius 1 is 1.69 bits per heavy atom. The number of hydrogen-bond donors (Lipinski definition) is 2. The highest BCUT2D eigenvalue weighted by atomic mass is 16.6. The zero-order chi connectivity index (χ0) is 12.0. The Labute approximate surface area is 92.0 Å². The summed E-state index contributed by atoms with van der Waals surface area (Å²) in [5, 5.41) is 10.6. The van der Waals surface area contributed by atoms with Crippen LogP contribution in [0.1, 0.15) is 6.42 Å². The number of hydrazine groups is 1. The van der Waals surface area contributed by atoms with Gasteiger partial charge in [-0.2, -0.15) is 4.98 Å². The molecule has 7 nitrogen and oxygen atoms in total. The van der Waals surface area contributed by atoms with Crippen molar-refractivity contribution in [2.45, 2.75) is 6.42 Å². The normalized spacial score (nSPS) is 9.56. The number of nitrogen functional groups attached to an aromatic ring is 1. The van der Waals surface area contributed by atoms with E-state index in [1.54, 1.807) is 6.08 Å². The topological polar surface area (TPSA) is 103 Å². The summed E-state index contributed by atoms with van der Waals surface area (Å²) in [4.78, 5) is 14.0. The number of nitro groups is 1. The second-order valence-corrected chi connectivity index (χ2v) is 2.88. The molecule has 0 aliphatic carbocycles. The first-order valence-electron chi connectivity index (χ1n) is 4.54. The highest BCUT2D eigenvalue weighted by Crippen LogP contribution is 2.21. The van der Waals surface area contributed by atoms with Gasteiger partial charge in [-0.3, -0.25) is 10.1 Å². The number of hydrogen-bond acceptors (Lipinski definition) is 6. The molecule has 0 fully saturated rings. The van der Waals surface area contributed by atoms with Gasteiger partial charge in [0, 0.05) is 0 Å². The van der Waals surface area contributed by atoms with Gasteiger partial charge in [-0.25, -0.2) is 5.84 Å². The van der Waals surface area contributed by atoms with Gasteiger partial charge >= 0.3 is 0 Å². The Morgan fingerprint density at radius 3 is 3.00 bits per heavy atom. The van der Waals surface area contributed by atoms with E-state index in [4.69, 9.17) is 10.6 Å². The van der Waals surface area contributed by atoms with Crippen LogP contribution in [-0.4, -0.2) is 16.5 Å². The molecule has 0 unspecified atom stereocenters. The van der Waals surface area contributed by atoms with Crippen LogP contribution in [0.25, 0.3) is 0 Å². The van der Waals surface area contributed by atoms with Crippen LogP contribution in [0.15, 0.2) is 24.8 Å². The predicted octanol–water partition coefficient (Wildman–Crippen LogP) is 1.23. The van der Waals surface area contributed by atoms with Crippen LogP contribution in [0.4, 0.5) is 11.5 Å². The van der Waals surface area contributed by atoms with Gasteiger partial charge in [-0.15, -0.1) is 6.58 Å². The molecule has 0 aliphatic rings. The van der Waals surface area contributed by atoms with Crippen LogP contribution in [-0.2, 0) is 0 Å². The highest BCUT2D eigenvalue weighted by Gasteiger charge is 2.11. The number of aromatic nitrogens is 1. The van der Waals surface area contributed by atoms with Crippen molar-refractivity contribution in [2.75, 3.05) is 12.0 Å². The summed E-state index contributed by atoms with van der Waals surface area (Å²) in [5.41, 5.74) is 2.11. The predicted molar refractivity (Wildman–Crippen MR) is 59.0 cm³/mol. The Balaban J connectivity index is 2.86. The molecule has 0 radical (unpaired) electrons. The number of ether oxygens (including phenoxy) is 1. The van der Waals surface area contributed by atoms with E-state index >= 15 is 0 Å². The molecular formula is C9H12N4O3. The quantitative estimate of drug-likeness (QED) is 0.247. The van der Waals surface area contributed by atoms with Crippen molar-refractivity contribution < 1.29 is 9.66 Å². The van der Waals surface area contributed by atoms with Gasteiger partial charge in [0.25, 0.3) is 5.69 Å². The first-order valence-corrected chi connectivity index (χ1v) is 4.54. The fourth-order valence-corrected chi connectivity index (χ4v) is 0.992. The van der Waals surface area contributed by atoms with Gasteiger partial charge in [0.2, 0.25) is 5.88 Å². The van der Waals surface area contributed by atoms with E-state index in [-0.39, 0.29) is 17.4 Å². The molecule has 1 aromatic rings. The standard InChI is InChI=1S/C9H12N4O3/c1-2-3-4-16-9-6-7(13(14)15)5-8(11-9)12-10/h2,5-6H,1,3-4,10H2,(H,11,12). The first kappa shape index (κ1) is 11.9. The van der Waals surface area contributed by atoms with Gasteiger partial charge in [0.05, 0.1) is 23.7 Å². The molecule has 1 rings (SSSR count). The zero-order valence-corrected chi connectivity index (χ0v) is 8.55. The number of nitrogens with two attached hydrogens (primary N) is 1. The average molecular weight is 224 g/mol. The molecule has 0 bridgehead atoms. The maximum absolute atomic E-state index is 10.6. The highest BCUT2D eigenvalue weighted by molar-refractivity contribution is 5.47. The summed E-state index contributed by atoms with van der Waals surface area (Å²) in [7, 11) is 0. The van der Waals surface area contributed by atoms with Gasteiger partial charge in [-0.05, 0) is 6.42 Å². The van der Waals surface area contributed by atoms with E-state index in [0.717, 1.165) is 0 Å². The molecule has 3 N–H and O–H groups in total. The average Bonchev–Trinajstić information content (AvgIpc) is 2.29. The maximum Gasteiger partial charge on any atom is 0.278 e. The summed E-state index contributed by atoms with van der Waals surface area (Å²) in [6, 6.07) is 2.46. The molecule has 86 valence electrons. The Morgan fingerprint density at radius 2 is 2.44 bits per heavy atom. The van der Waals surface area contributed by atoms with E-state index in [1.165, 1.54) is 12.1 Å². The van der Waals surface area contributed by atoms with Crippen molar-refractivity contribution in [3.63, 3.8) is 0 Å². The van der Waals surface area contributed by atoms with Gasteiger partial charge < -0.3 is 10.2 Å². The van der Waals surface area contributed by atoms with E-state index in [1.807, 2.05) is 0 Å². The molecule has 0 saturated heterocycles. The molecule has 16 heavy (non-hydrogen) atoms. The molecule has 7 heteroatoms. The summed E-state index contributed by atoms with van der Waals surface area (Å²) >= 11 is 0. The number of anilines is 1. The summed E-state index contributed by atoms with van der Waals surface area (Å²) in [6.45, 7) is 3.89. The van der Waals surface area contributed by atoms with Crippen molar-refractivity contribution >= 4 is 11.5 Å². The van der Waals surface area contributed by atoms with Crippen molar-refractivity contribution in [1.82, 2.24) is 4.98 Å². The second kappa shape index (κ2) is 5.66. The SMILES string of the molecule is C=CCCOc1cc([N+](=O)[O-])cc(NN)n1. The van der Waals surface area contributed by atoms with Crippen molar-refractivity contribution in [3.05, 3.63) is 34.9 Å². The maximum atomic E-state index is 10.6. The van der Waals surface area contributed by atoms with Crippen LogP contribution in [0.5, 0.6) is 5.88 Å². The minimum Gasteiger partial charge on any atom is -0.477 e. The van der Waals surface area contributed by atoms with E-state index in [2.05, 4.69) is 17.0 Å². The van der Waals surface area contributed by atoms with Crippen LogP contribution < -0.4 is 16.0 Å². The lowest BCUT2D eigenvalue weighted by Crippen LogP contribution is -2.10. The lowest BCUT2D eigenvalue weighted by atomic mass is 10.4. The molecule has 0 spiro atoms. The third-order valence-electron chi connectivity index (χ3n) is 1.72. The summed E-state index contributed by atoms with van der Waals surface area (Å²) < 4.78 is 5.20. The number of pyridine rings is 1. The van der Waals surface area contributed by atoms with Crippen molar-refractivity contribution in [1.29, 1.82) is 0 Å². The monoisotopic (exact) mass is 224 g/mol. The third-order valence-corrected chi connectivity index (χ3v) is 1.72. The van der Waals surface area contributed by atoms with Gasteiger partial charge in [-0.1, -0.05) is 6.08 Å². The molecule has 0 saturated carbocycles. The Kier molecular flexibility index (Phi) is 4.22. The largest absolute Gasteiger partial charge is 0.477 e. The van der Waals surface area contributed by atoms with Crippen LogP contribution in [0.2, 0.25) is 0 Å². The Bertz CT molecular complexity index is 394. The van der Waals surface area contributed by atoms with Crippen molar-refractivity contribution in [2.24, 2.45) is 5.84 Å². The molecule has 0 amide bonds. The first-order chi connectivity index (χ1) is 7.67. The minimum absolute atomic E-state index is 0.128. The molecule has 0 atom stereocenters. The van der Waals surface area contributed by atoms with E-state index in [9.17, 15) is 10.1 Å². The number of nitrogens with one attached hydrogen (secondary N) is 1. The smallest absolute Gasteiger partial charge is 0.278 e. The molecule has 0 aliphatic heterocycles. The van der Waals surface area contributed by atoms with Gasteiger partial charge in [0.15, 0.2) is 5.82 Å². The molecular weight excluding hydrogens is 212 g/mol. The number of nitrogens with zero attached hydrogens (tertiary/aromatic N) is 2. The molecule has 0 aromatic carbocycles. The lowest BCUT2D eigenvalue weighted by Gasteiger charge is -2.05. The fraction of sp³-hybridized carbons (Fsp3) is 0.222. The third kappa shape index (κ3) is 3.21. The fourth-order valence-electron chi connectivity index (χ4n) is 0.992.